The van der Waals surface area contributed by atoms with Crippen molar-refractivity contribution in [3.8, 4) is 0 Å². The summed E-state index contributed by atoms with van der Waals surface area (Å²) in [5.41, 5.74) is -0.270. The van der Waals surface area contributed by atoms with Crippen LogP contribution in [-0.4, -0.2) is 35.1 Å². The largest absolute Gasteiger partial charge is 0.396 e. The summed E-state index contributed by atoms with van der Waals surface area (Å²) in [5.74, 6) is 0.305. The summed E-state index contributed by atoms with van der Waals surface area (Å²) in [4.78, 5) is 0. The predicted molar refractivity (Wildman–Crippen MR) is 36.4 cm³/mol. The van der Waals surface area contributed by atoms with Crippen LogP contribution in [0.1, 0.15) is 12.8 Å². The van der Waals surface area contributed by atoms with E-state index in [1.54, 1.807) is 0 Å². The first-order valence-electron chi connectivity index (χ1n) is 3.59. The van der Waals surface area contributed by atoms with Crippen LogP contribution in [0.5, 0.6) is 0 Å². The summed E-state index contributed by atoms with van der Waals surface area (Å²) in [7, 11) is 0. The predicted octanol–water partition coefficient (Wildman–Crippen LogP) is -0.640. The lowest BCUT2D eigenvalue weighted by Gasteiger charge is -2.44. The van der Waals surface area contributed by atoms with Gasteiger partial charge < -0.3 is 15.3 Å². The van der Waals surface area contributed by atoms with Gasteiger partial charge in [-0.1, -0.05) is 0 Å². The summed E-state index contributed by atoms with van der Waals surface area (Å²) in [6.45, 7) is 0.266. The number of aliphatic hydroxyl groups is 3. The van der Waals surface area contributed by atoms with Crippen molar-refractivity contribution in [2.24, 2.45) is 11.3 Å². The minimum absolute atomic E-state index is 0.0417. The molecule has 0 radical (unpaired) electrons. The molecule has 0 bridgehead atoms. The van der Waals surface area contributed by atoms with Crippen LogP contribution in [0.3, 0.4) is 0 Å². The molecule has 0 aromatic carbocycles. The molecule has 1 aliphatic rings. The van der Waals surface area contributed by atoms with Crippen molar-refractivity contribution in [3.05, 3.63) is 0 Å². The highest BCUT2D eigenvalue weighted by Crippen LogP contribution is 2.44. The molecule has 0 aromatic heterocycles. The fourth-order valence-electron chi connectivity index (χ4n) is 1.60. The van der Waals surface area contributed by atoms with Crippen molar-refractivity contribution in [2.45, 2.75) is 12.8 Å². The highest BCUT2D eigenvalue weighted by Gasteiger charge is 2.42. The lowest BCUT2D eigenvalue weighted by Crippen LogP contribution is -2.44. The lowest BCUT2D eigenvalue weighted by atomic mass is 9.63. The van der Waals surface area contributed by atoms with Gasteiger partial charge in [0.05, 0.1) is 13.2 Å². The molecule has 0 heterocycles. The monoisotopic (exact) mass is 146 g/mol. The van der Waals surface area contributed by atoms with Crippen LogP contribution in [0.2, 0.25) is 0 Å². The standard InChI is InChI=1S/C7H14O3/c8-3-6-1-7(2-6,4-9)5-10/h6,8-10H,1-5H2. The molecule has 0 spiro atoms. The molecule has 10 heavy (non-hydrogen) atoms. The van der Waals surface area contributed by atoms with E-state index in [2.05, 4.69) is 0 Å². The third-order valence-electron chi connectivity index (χ3n) is 2.37. The summed E-state index contributed by atoms with van der Waals surface area (Å²) in [6.07, 6.45) is 1.52. The van der Waals surface area contributed by atoms with Crippen LogP contribution in [0, 0.1) is 11.3 Å². The first kappa shape index (κ1) is 7.98. The minimum Gasteiger partial charge on any atom is -0.396 e. The SMILES string of the molecule is OCC1CC(CO)(CO)C1. The molecule has 0 aromatic rings. The highest BCUT2D eigenvalue weighted by atomic mass is 16.3. The van der Waals surface area contributed by atoms with E-state index in [9.17, 15) is 0 Å². The van der Waals surface area contributed by atoms with E-state index in [1.165, 1.54) is 0 Å². The van der Waals surface area contributed by atoms with Gasteiger partial charge in [-0.3, -0.25) is 0 Å². The third kappa shape index (κ3) is 1.17. The second kappa shape index (κ2) is 2.86. The van der Waals surface area contributed by atoms with Crippen LogP contribution < -0.4 is 0 Å². The van der Waals surface area contributed by atoms with Gasteiger partial charge >= 0.3 is 0 Å². The molecule has 0 saturated heterocycles. The molecular formula is C7H14O3. The first-order valence-corrected chi connectivity index (χ1v) is 3.59. The van der Waals surface area contributed by atoms with Crippen LogP contribution in [0.25, 0.3) is 0 Å². The molecule has 0 aliphatic heterocycles. The van der Waals surface area contributed by atoms with Crippen LogP contribution in [0.15, 0.2) is 0 Å². The van der Waals surface area contributed by atoms with Gasteiger partial charge in [0, 0.05) is 12.0 Å². The van der Waals surface area contributed by atoms with Crippen LogP contribution >= 0.6 is 0 Å². The van der Waals surface area contributed by atoms with Gasteiger partial charge in [0.1, 0.15) is 0 Å². The summed E-state index contributed by atoms with van der Waals surface area (Å²) in [5, 5.41) is 26.3. The molecule has 0 unspecified atom stereocenters. The van der Waals surface area contributed by atoms with Crippen molar-refractivity contribution in [1.82, 2.24) is 0 Å². The normalized spacial score (nSPS) is 24.3. The van der Waals surface area contributed by atoms with Crippen LogP contribution in [-0.2, 0) is 0 Å². The van der Waals surface area contributed by atoms with Crippen LogP contribution in [0.4, 0.5) is 0 Å². The summed E-state index contributed by atoms with van der Waals surface area (Å²) in [6, 6.07) is 0. The number of rotatable bonds is 3. The maximum Gasteiger partial charge on any atom is 0.0509 e. The van der Waals surface area contributed by atoms with E-state index < -0.39 is 0 Å². The zero-order valence-electron chi connectivity index (χ0n) is 5.95. The Kier molecular flexibility index (Phi) is 2.28. The quantitative estimate of drug-likeness (QED) is 0.496. The second-order valence-corrected chi connectivity index (χ2v) is 3.27. The van der Waals surface area contributed by atoms with Gasteiger partial charge in [-0.25, -0.2) is 0 Å². The van der Waals surface area contributed by atoms with E-state index >= 15 is 0 Å². The molecule has 3 heteroatoms. The Morgan fingerprint density at radius 3 is 1.90 bits per heavy atom. The Morgan fingerprint density at radius 2 is 1.60 bits per heavy atom. The fraction of sp³-hybridized carbons (Fsp3) is 1.00. The first-order chi connectivity index (χ1) is 4.76. The van der Waals surface area contributed by atoms with Gasteiger partial charge in [0.15, 0.2) is 0 Å². The average molecular weight is 146 g/mol. The van der Waals surface area contributed by atoms with E-state index in [4.69, 9.17) is 15.3 Å². The highest BCUT2D eigenvalue weighted by molar-refractivity contribution is 4.92. The zero-order valence-corrected chi connectivity index (χ0v) is 5.95. The number of hydrogen-bond acceptors (Lipinski definition) is 3. The van der Waals surface area contributed by atoms with Gasteiger partial charge in [0.25, 0.3) is 0 Å². The maximum atomic E-state index is 8.81. The van der Waals surface area contributed by atoms with Crippen molar-refractivity contribution in [3.63, 3.8) is 0 Å². The Balaban J connectivity index is 2.31. The fourth-order valence-corrected chi connectivity index (χ4v) is 1.60. The third-order valence-corrected chi connectivity index (χ3v) is 2.37. The molecule has 3 nitrogen and oxygen atoms in total. The molecule has 0 atom stereocenters. The Labute approximate surface area is 60.3 Å². The number of hydrogen-bond donors (Lipinski definition) is 3. The second-order valence-electron chi connectivity index (χ2n) is 3.27. The molecule has 1 fully saturated rings. The summed E-state index contributed by atoms with van der Waals surface area (Å²) >= 11 is 0. The van der Waals surface area contributed by atoms with Gasteiger partial charge in [0.2, 0.25) is 0 Å². The molecule has 3 N–H and O–H groups in total. The molecule has 0 amide bonds. The summed E-state index contributed by atoms with van der Waals surface area (Å²) < 4.78 is 0. The molecule has 60 valence electrons. The smallest absolute Gasteiger partial charge is 0.0509 e. The number of aliphatic hydroxyl groups excluding tert-OH is 3. The Bertz CT molecular complexity index is 101. The van der Waals surface area contributed by atoms with E-state index in [0.29, 0.717) is 5.92 Å². The van der Waals surface area contributed by atoms with Crippen molar-refractivity contribution in [2.75, 3.05) is 19.8 Å². The van der Waals surface area contributed by atoms with Gasteiger partial charge in [-0.2, -0.15) is 0 Å². The van der Waals surface area contributed by atoms with E-state index in [-0.39, 0.29) is 25.2 Å². The zero-order chi connectivity index (χ0) is 7.61. The lowest BCUT2D eigenvalue weighted by molar-refractivity contribution is -0.0637. The average Bonchev–Trinajstić information content (AvgIpc) is 1.89. The van der Waals surface area contributed by atoms with E-state index in [0.717, 1.165) is 12.8 Å². The van der Waals surface area contributed by atoms with Gasteiger partial charge in [-0.05, 0) is 18.8 Å². The van der Waals surface area contributed by atoms with Gasteiger partial charge in [-0.15, -0.1) is 0 Å². The maximum absolute atomic E-state index is 8.81. The van der Waals surface area contributed by atoms with Crippen molar-refractivity contribution >= 4 is 0 Å². The minimum atomic E-state index is -0.270. The molecule has 1 aliphatic carbocycles. The van der Waals surface area contributed by atoms with Crippen molar-refractivity contribution < 1.29 is 15.3 Å². The van der Waals surface area contributed by atoms with E-state index in [1.807, 2.05) is 0 Å². The Morgan fingerprint density at radius 1 is 1.10 bits per heavy atom. The Hall–Kier alpha value is -0.120. The molecular weight excluding hydrogens is 132 g/mol. The van der Waals surface area contributed by atoms with Crippen molar-refractivity contribution in [1.29, 1.82) is 0 Å². The molecule has 1 rings (SSSR count). The molecule has 1 saturated carbocycles. The topological polar surface area (TPSA) is 60.7 Å².